The lowest BCUT2D eigenvalue weighted by molar-refractivity contribution is 0.0214. The number of carbonyl (C=O) groups excluding carboxylic acids is 1. The molecule has 10 heteroatoms. The topological polar surface area (TPSA) is 94.4 Å². The fourth-order valence-electron chi connectivity index (χ4n) is 3.47. The molecule has 1 amide bonds. The van der Waals surface area contributed by atoms with Crippen molar-refractivity contribution in [2.24, 2.45) is 0 Å². The molecule has 4 rings (SSSR count). The molecule has 0 spiro atoms. The van der Waals surface area contributed by atoms with Gasteiger partial charge in [0.25, 0.3) is 0 Å². The Hall–Kier alpha value is -3.01. The van der Waals surface area contributed by atoms with Crippen molar-refractivity contribution in [2.75, 3.05) is 38.2 Å². The van der Waals surface area contributed by atoms with E-state index in [9.17, 15) is 4.79 Å². The molecular weight excluding hydrogens is 420 g/mol. The molecule has 0 saturated carbocycles. The van der Waals surface area contributed by atoms with Gasteiger partial charge < -0.3 is 9.47 Å². The lowest BCUT2D eigenvalue weighted by Crippen LogP contribution is -2.40. The molecular formula is C21H23ClN6O3. The third kappa shape index (κ3) is 5.57. The first-order chi connectivity index (χ1) is 15.2. The highest BCUT2D eigenvalue weighted by Gasteiger charge is 2.29. The Labute approximate surface area is 184 Å². The van der Waals surface area contributed by atoms with E-state index in [0.717, 1.165) is 18.7 Å². The van der Waals surface area contributed by atoms with E-state index in [0.29, 0.717) is 36.3 Å². The number of hydrogen-bond donors (Lipinski definition) is 1. The fraction of sp³-hybridized carbons (Fsp3) is 0.333. The van der Waals surface area contributed by atoms with Crippen LogP contribution in [0.25, 0.3) is 0 Å². The minimum Gasteiger partial charge on any atom is -0.447 e. The Balaban J connectivity index is 1.41. The van der Waals surface area contributed by atoms with Gasteiger partial charge in [0, 0.05) is 23.8 Å². The molecule has 2 aromatic carbocycles. The quantitative estimate of drug-likeness (QED) is 0.601. The average molecular weight is 443 g/mol. The van der Waals surface area contributed by atoms with Gasteiger partial charge >= 0.3 is 6.09 Å². The number of tetrazole rings is 1. The zero-order valence-electron chi connectivity index (χ0n) is 16.9. The third-order valence-corrected chi connectivity index (χ3v) is 5.21. The summed E-state index contributed by atoms with van der Waals surface area (Å²) in [5, 5.41) is 15.5. The maximum atomic E-state index is 12.1. The van der Waals surface area contributed by atoms with Gasteiger partial charge in [0.2, 0.25) is 0 Å². The highest BCUT2D eigenvalue weighted by Crippen LogP contribution is 2.27. The van der Waals surface area contributed by atoms with Crippen LogP contribution in [-0.2, 0) is 16.0 Å². The van der Waals surface area contributed by atoms with Gasteiger partial charge in [-0.25, -0.2) is 9.48 Å². The Bertz CT molecular complexity index is 976. The second kappa shape index (κ2) is 10.3. The van der Waals surface area contributed by atoms with Crippen LogP contribution in [-0.4, -0.2) is 64.1 Å². The monoisotopic (exact) mass is 442 g/mol. The average Bonchev–Trinajstić information content (AvgIpc) is 3.25. The van der Waals surface area contributed by atoms with Crippen molar-refractivity contribution in [3.63, 3.8) is 0 Å². The lowest BCUT2D eigenvalue weighted by Gasteiger charge is -2.33. The van der Waals surface area contributed by atoms with Crippen LogP contribution in [0.3, 0.4) is 0 Å². The first-order valence-corrected chi connectivity index (χ1v) is 10.4. The van der Waals surface area contributed by atoms with E-state index in [2.05, 4.69) is 37.9 Å². The molecule has 0 radical (unpaired) electrons. The molecule has 1 atom stereocenters. The summed E-state index contributed by atoms with van der Waals surface area (Å²) in [5.74, 6) is 0.704. The van der Waals surface area contributed by atoms with Crippen LogP contribution in [0.1, 0.15) is 17.4 Å². The molecule has 1 aliphatic rings. The third-order valence-electron chi connectivity index (χ3n) is 4.96. The molecule has 1 fully saturated rings. The van der Waals surface area contributed by atoms with Crippen molar-refractivity contribution in [1.82, 2.24) is 25.1 Å². The number of amides is 1. The highest BCUT2D eigenvalue weighted by atomic mass is 35.5. The molecule has 1 saturated heterocycles. The summed E-state index contributed by atoms with van der Waals surface area (Å²) >= 11 is 5.85. The summed E-state index contributed by atoms with van der Waals surface area (Å²) in [6.07, 6.45) is -0.551. The van der Waals surface area contributed by atoms with Gasteiger partial charge in [-0.15, -0.1) is 5.10 Å². The molecule has 3 aromatic rings. The van der Waals surface area contributed by atoms with Crippen LogP contribution in [0.4, 0.5) is 10.5 Å². The van der Waals surface area contributed by atoms with E-state index in [1.165, 1.54) is 0 Å². The van der Waals surface area contributed by atoms with Gasteiger partial charge in [-0.3, -0.25) is 10.2 Å². The van der Waals surface area contributed by atoms with Crippen molar-refractivity contribution in [1.29, 1.82) is 0 Å². The molecule has 31 heavy (non-hydrogen) atoms. The number of halogens is 1. The standard InChI is InChI=1S/C21H23ClN6O3/c22-17-6-8-18(9-7-17)23-21(29)31-15-12-28-20(24-25-26-28)19(16-4-2-1-3-5-16)27-10-13-30-14-11-27/h1-9,19H,10-15H2,(H,23,29)/t19-/m0/s1. The maximum Gasteiger partial charge on any atom is 0.411 e. The van der Waals surface area contributed by atoms with Crippen molar-refractivity contribution < 1.29 is 14.3 Å². The lowest BCUT2D eigenvalue weighted by atomic mass is 10.0. The number of morpholine rings is 1. The van der Waals surface area contributed by atoms with Crippen molar-refractivity contribution in [3.8, 4) is 0 Å². The Kier molecular flexibility index (Phi) is 7.08. The zero-order chi connectivity index (χ0) is 21.5. The van der Waals surface area contributed by atoms with Gasteiger partial charge in [0.15, 0.2) is 5.82 Å². The number of aromatic nitrogens is 4. The fourth-order valence-corrected chi connectivity index (χ4v) is 3.60. The smallest absolute Gasteiger partial charge is 0.411 e. The van der Waals surface area contributed by atoms with Crippen LogP contribution in [0.5, 0.6) is 0 Å². The van der Waals surface area contributed by atoms with Gasteiger partial charge in [-0.05, 0) is 40.3 Å². The van der Waals surface area contributed by atoms with Gasteiger partial charge in [0.1, 0.15) is 6.61 Å². The van der Waals surface area contributed by atoms with Crippen LogP contribution < -0.4 is 5.32 Å². The van der Waals surface area contributed by atoms with Crippen LogP contribution in [0.2, 0.25) is 5.02 Å². The minimum absolute atomic E-state index is 0.108. The van der Waals surface area contributed by atoms with Crippen LogP contribution in [0.15, 0.2) is 54.6 Å². The molecule has 2 heterocycles. The van der Waals surface area contributed by atoms with E-state index < -0.39 is 6.09 Å². The molecule has 162 valence electrons. The Morgan fingerprint density at radius 1 is 1.13 bits per heavy atom. The molecule has 0 aliphatic carbocycles. The summed E-state index contributed by atoms with van der Waals surface area (Å²) < 4.78 is 12.5. The number of anilines is 1. The van der Waals surface area contributed by atoms with Crippen molar-refractivity contribution in [3.05, 3.63) is 71.0 Å². The van der Waals surface area contributed by atoms with E-state index >= 15 is 0 Å². The molecule has 1 aromatic heterocycles. The highest BCUT2D eigenvalue weighted by molar-refractivity contribution is 6.30. The summed E-state index contributed by atoms with van der Waals surface area (Å²) in [6.45, 7) is 3.36. The normalized spacial score (nSPS) is 15.4. The summed E-state index contributed by atoms with van der Waals surface area (Å²) in [4.78, 5) is 14.4. The second-order valence-corrected chi connectivity index (χ2v) is 7.43. The number of rotatable bonds is 7. The van der Waals surface area contributed by atoms with E-state index in [1.807, 2.05) is 18.2 Å². The zero-order valence-corrected chi connectivity index (χ0v) is 17.6. The summed E-state index contributed by atoms with van der Waals surface area (Å²) in [7, 11) is 0. The summed E-state index contributed by atoms with van der Waals surface area (Å²) in [5.41, 5.74) is 1.70. The van der Waals surface area contributed by atoms with Crippen LogP contribution >= 0.6 is 11.6 Å². The molecule has 9 nitrogen and oxygen atoms in total. The number of carbonyl (C=O) groups is 1. The number of benzene rings is 2. The van der Waals surface area contributed by atoms with Crippen molar-refractivity contribution in [2.45, 2.75) is 12.6 Å². The van der Waals surface area contributed by atoms with Gasteiger partial charge in [-0.2, -0.15) is 0 Å². The van der Waals surface area contributed by atoms with E-state index in [1.54, 1.807) is 28.9 Å². The first-order valence-electron chi connectivity index (χ1n) is 10.0. The largest absolute Gasteiger partial charge is 0.447 e. The molecule has 1 aliphatic heterocycles. The molecule has 1 N–H and O–H groups in total. The van der Waals surface area contributed by atoms with Gasteiger partial charge in [-0.1, -0.05) is 41.9 Å². The molecule has 0 unspecified atom stereocenters. The number of nitrogens with one attached hydrogen (secondary N) is 1. The first kappa shape index (κ1) is 21.2. The maximum absolute atomic E-state index is 12.1. The minimum atomic E-state index is -0.551. The number of ether oxygens (including phenoxy) is 2. The predicted molar refractivity (Wildman–Crippen MR) is 115 cm³/mol. The SMILES string of the molecule is O=C(Nc1ccc(Cl)cc1)OCCn1nnnc1[C@H](c1ccccc1)N1CCOCC1. The molecule has 0 bridgehead atoms. The van der Waals surface area contributed by atoms with E-state index in [-0.39, 0.29) is 12.6 Å². The number of hydrogen-bond acceptors (Lipinski definition) is 7. The number of nitrogens with zero attached hydrogens (tertiary/aromatic N) is 5. The Morgan fingerprint density at radius 2 is 1.87 bits per heavy atom. The predicted octanol–water partition coefficient (Wildman–Crippen LogP) is 3.00. The second-order valence-electron chi connectivity index (χ2n) is 6.99. The Morgan fingerprint density at radius 3 is 2.61 bits per heavy atom. The van der Waals surface area contributed by atoms with Crippen molar-refractivity contribution >= 4 is 23.4 Å². The summed E-state index contributed by atoms with van der Waals surface area (Å²) in [6, 6.07) is 16.8. The van der Waals surface area contributed by atoms with Crippen LogP contribution in [0, 0.1) is 0 Å². The van der Waals surface area contributed by atoms with E-state index in [4.69, 9.17) is 21.1 Å². The van der Waals surface area contributed by atoms with Gasteiger partial charge in [0.05, 0.1) is 25.8 Å².